The van der Waals surface area contributed by atoms with Gasteiger partial charge in [0.05, 0.1) is 0 Å². The van der Waals surface area contributed by atoms with Gasteiger partial charge in [-0.25, -0.2) is 9.78 Å². The molecule has 2 aromatic carbocycles. The summed E-state index contributed by atoms with van der Waals surface area (Å²) in [7, 11) is 0. The molecule has 3 rings (SSSR count). The van der Waals surface area contributed by atoms with Crippen molar-refractivity contribution in [1.29, 1.82) is 0 Å². The summed E-state index contributed by atoms with van der Waals surface area (Å²) >= 11 is 1.46. The molecule has 0 aliphatic carbocycles. The Bertz CT molecular complexity index is 1040. The molecule has 0 fully saturated rings. The van der Waals surface area contributed by atoms with Crippen LogP contribution in [0, 0.1) is 0 Å². The first-order chi connectivity index (χ1) is 15.0. The van der Waals surface area contributed by atoms with Gasteiger partial charge in [0.15, 0.2) is 11.3 Å². The van der Waals surface area contributed by atoms with Crippen molar-refractivity contribution in [2.24, 2.45) is 5.73 Å². The summed E-state index contributed by atoms with van der Waals surface area (Å²) in [6, 6.07) is 20.4. The summed E-state index contributed by atoms with van der Waals surface area (Å²) < 4.78 is 0. The van der Waals surface area contributed by atoms with E-state index in [1.165, 1.54) is 11.8 Å². The van der Waals surface area contributed by atoms with Crippen molar-refractivity contribution in [3.8, 4) is 11.1 Å². The second-order valence-corrected chi connectivity index (χ2v) is 8.15. The van der Waals surface area contributed by atoms with Gasteiger partial charge in [0.2, 0.25) is 0 Å². The summed E-state index contributed by atoms with van der Waals surface area (Å²) in [5.41, 5.74) is 6.99. The van der Waals surface area contributed by atoms with Gasteiger partial charge in [-0.2, -0.15) is 11.8 Å². The largest absolute Gasteiger partial charge is 0.480 e. The van der Waals surface area contributed by atoms with Gasteiger partial charge in [0, 0.05) is 18.3 Å². The Hall–Kier alpha value is -3.16. The monoisotopic (exact) mass is 435 g/mol. The van der Waals surface area contributed by atoms with Gasteiger partial charge >= 0.3 is 5.97 Å². The highest BCUT2D eigenvalue weighted by Gasteiger charge is 2.42. The van der Waals surface area contributed by atoms with Crippen LogP contribution in [0.15, 0.2) is 72.9 Å². The van der Waals surface area contributed by atoms with Gasteiger partial charge in [-0.15, -0.1) is 0 Å². The molecule has 7 heteroatoms. The maximum absolute atomic E-state index is 13.2. The molecule has 0 amide bonds. The Kier molecular flexibility index (Phi) is 7.44. The van der Waals surface area contributed by atoms with Crippen LogP contribution in [-0.4, -0.2) is 39.4 Å². The highest BCUT2D eigenvalue weighted by Crippen LogP contribution is 2.28. The van der Waals surface area contributed by atoms with Crippen LogP contribution in [0.25, 0.3) is 11.1 Å². The summed E-state index contributed by atoms with van der Waals surface area (Å²) in [5.74, 6) is -0.613. The Labute approximate surface area is 185 Å². The molecule has 0 aliphatic heterocycles. The molecule has 0 saturated heterocycles. The zero-order valence-corrected chi connectivity index (χ0v) is 18.1. The number of carboxylic acid groups (broad SMARTS) is 1. The first kappa shape index (κ1) is 22.5. The Balaban J connectivity index is 1.84. The van der Waals surface area contributed by atoms with E-state index in [1.807, 2.05) is 60.9 Å². The number of Topliss-reactive ketones (excluding diaryl/α,β-unsaturated/α-hetero) is 1. The predicted octanol–water partition coefficient (Wildman–Crippen LogP) is 4.08. The number of carbonyl (C=O) groups excluding carboxylic acids is 1. The average Bonchev–Trinajstić information content (AvgIpc) is 2.81. The zero-order chi connectivity index (χ0) is 22.3. The molecule has 160 valence electrons. The number of nitrogens with two attached hydrogens (primary N) is 1. The number of carbonyl (C=O) groups is 2. The van der Waals surface area contributed by atoms with E-state index in [1.54, 1.807) is 18.3 Å². The highest BCUT2D eigenvalue weighted by atomic mass is 32.2. The molecule has 0 saturated carbocycles. The fourth-order valence-corrected chi connectivity index (χ4v) is 3.74. The van der Waals surface area contributed by atoms with Gasteiger partial charge in [-0.3, -0.25) is 4.79 Å². The van der Waals surface area contributed by atoms with Crippen LogP contribution in [0.1, 0.15) is 22.3 Å². The number of rotatable bonds is 10. The number of ketones is 1. The third kappa shape index (κ3) is 5.31. The van der Waals surface area contributed by atoms with E-state index in [4.69, 9.17) is 5.73 Å². The lowest BCUT2D eigenvalue weighted by Gasteiger charge is -2.24. The number of anilines is 1. The van der Waals surface area contributed by atoms with E-state index in [-0.39, 0.29) is 6.42 Å². The van der Waals surface area contributed by atoms with E-state index in [9.17, 15) is 14.7 Å². The van der Waals surface area contributed by atoms with Crippen molar-refractivity contribution in [1.82, 2.24) is 4.98 Å². The van der Waals surface area contributed by atoms with Crippen LogP contribution in [0.2, 0.25) is 0 Å². The van der Waals surface area contributed by atoms with E-state index in [0.29, 0.717) is 23.4 Å². The van der Waals surface area contributed by atoms with Crippen LogP contribution in [0.3, 0.4) is 0 Å². The van der Waals surface area contributed by atoms with Crippen LogP contribution >= 0.6 is 11.8 Å². The lowest BCUT2D eigenvalue weighted by atomic mass is 9.84. The molecular formula is C24H25N3O3S. The van der Waals surface area contributed by atoms with Gasteiger partial charge < -0.3 is 16.2 Å². The van der Waals surface area contributed by atoms with E-state index < -0.39 is 17.3 Å². The molecule has 0 spiro atoms. The van der Waals surface area contributed by atoms with Gasteiger partial charge in [0.25, 0.3) is 0 Å². The number of hydrogen-bond acceptors (Lipinski definition) is 6. The molecule has 31 heavy (non-hydrogen) atoms. The molecule has 1 unspecified atom stereocenters. The first-order valence-electron chi connectivity index (χ1n) is 9.85. The third-order valence-electron chi connectivity index (χ3n) is 5.06. The van der Waals surface area contributed by atoms with Gasteiger partial charge in [-0.1, -0.05) is 54.6 Å². The standard InChI is InChI=1S/C24H25N3O3S/c1-31-15-13-24(25,23(29)30)22(28)20-7-3-2-6-19(20)18-11-9-17(10-12-18)16-27-21-8-4-5-14-26-21/h2-12,14H,13,15-16,25H2,1H3,(H,26,27)(H,29,30). The molecule has 0 aliphatic rings. The second kappa shape index (κ2) is 10.2. The second-order valence-electron chi connectivity index (χ2n) is 7.16. The van der Waals surface area contributed by atoms with Crippen LogP contribution < -0.4 is 11.1 Å². The quantitative estimate of drug-likeness (QED) is 0.325. The number of aromatic nitrogens is 1. The number of aliphatic carboxylic acids is 1. The van der Waals surface area contributed by atoms with Crippen molar-refractivity contribution in [2.45, 2.75) is 18.5 Å². The lowest BCUT2D eigenvalue weighted by Crippen LogP contribution is -2.55. The number of thioether (sulfide) groups is 1. The normalized spacial score (nSPS) is 12.7. The van der Waals surface area contributed by atoms with E-state index in [0.717, 1.165) is 16.9 Å². The SMILES string of the molecule is CSCCC(N)(C(=O)O)C(=O)c1ccccc1-c1ccc(CNc2ccccn2)cc1. The van der Waals surface area contributed by atoms with Gasteiger partial charge in [0.1, 0.15) is 5.82 Å². The minimum atomic E-state index is -1.95. The summed E-state index contributed by atoms with van der Waals surface area (Å²) in [6.07, 6.45) is 3.65. The maximum Gasteiger partial charge on any atom is 0.331 e. The maximum atomic E-state index is 13.2. The molecule has 0 radical (unpaired) electrons. The topological polar surface area (TPSA) is 105 Å². The molecule has 4 N–H and O–H groups in total. The van der Waals surface area contributed by atoms with Crippen molar-refractivity contribution < 1.29 is 14.7 Å². The lowest BCUT2D eigenvalue weighted by molar-refractivity contribution is -0.141. The number of benzene rings is 2. The fourth-order valence-electron chi connectivity index (χ4n) is 3.22. The number of carboxylic acids is 1. The molecular weight excluding hydrogens is 410 g/mol. The number of nitrogens with one attached hydrogen (secondary N) is 1. The Morgan fingerprint density at radius 3 is 2.42 bits per heavy atom. The summed E-state index contributed by atoms with van der Waals surface area (Å²) in [4.78, 5) is 29.3. The molecule has 1 aromatic heterocycles. The van der Waals surface area contributed by atoms with Crippen molar-refractivity contribution in [3.63, 3.8) is 0 Å². The molecule has 1 heterocycles. The average molecular weight is 436 g/mol. The van der Waals surface area contributed by atoms with Crippen molar-refractivity contribution in [3.05, 3.63) is 84.1 Å². The fraction of sp³-hybridized carbons (Fsp3) is 0.208. The van der Waals surface area contributed by atoms with Crippen molar-refractivity contribution in [2.75, 3.05) is 17.3 Å². The molecule has 0 bridgehead atoms. The van der Waals surface area contributed by atoms with Crippen LogP contribution in [0.4, 0.5) is 5.82 Å². The predicted molar refractivity (Wildman–Crippen MR) is 125 cm³/mol. The highest BCUT2D eigenvalue weighted by molar-refractivity contribution is 7.98. The summed E-state index contributed by atoms with van der Waals surface area (Å²) in [5, 5.41) is 12.9. The number of pyridine rings is 1. The smallest absolute Gasteiger partial charge is 0.331 e. The minimum Gasteiger partial charge on any atom is -0.480 e. The molecule has 6 nitrogen and oxygen atoms in total. The van der Waals surface area contributed by atoms with E-state index in [2.05, 4.69) is 10.3 Å². The number of nitrogens with zero attached hydrogens (tertiary/aromatic N) is 1. The Morgan fingerprint density at radius 1 is 1.06 bits per heavy atom. The van der Waals surface area contributed by atoms with Crippen LogP contribution in [0.5, 0.6) is 0 Å². The van der Waals surface area contributed by atoms with E-state index >= 15 is 0 Å². The first-order valence-corrected chi connectivity index (χ1v) is 11.2. The Morgan fingerprint density at radius 2 is 1.77 bits per heavy atom. The summed E-state index contributed by atoms with van der Waals surface area (Å²) in [6.45, 7) is 0.609. The van der Waals surface area contributed by atoms with Crippen molar-refractivity contribution >= 4 is 29.3 Å². The zero-order valence-electron chi connectivity index (χ0n) is 17.2. The van der Waals surface area contributed by atoms with Gasteiger partial charge in [-0.05, 0) is 47.3 Å². The number of hydrogen-bond donors (Lipinski definition) is 3. The third-order valence-corrected chi connectivity index (χ3v) is 5.67. The molecule has 1 atom stereocenters. The van der Waals surface area contributed by atoms with Crippen LogP contribution in [-0.2, 0) is 11.3 Å². The minimum absolute atomic E-state index is 0.0643. The molecule has 3 aromatic rings.